The molecule has 5 nitrogen and oxygen atoms in total. The molecule has 1 saturated heterocycles. The Morgan fingerprint density at radius 2 is 1.89 bits per heavy atom. The Bertz CT molecular complexity index is 537. The number of sulfonamides is 1. The van der Waals surface area contributed by atoms with Crippen molar-refractivity contribution in [2.24, 2.45) is 0 Å². The Morgan fingerprint density at radius 1 is 1.22 bits per heavy atom. The number of hydrogen-bond acceptors (Lipinski definition) is 4. The zero-order valence-corrected chi connectivity index (χ0v) is 11.0. The fraction of sp³-hybridized carbons (Fsp3) is 0.417. The summed E-state index contributed by atoms with van der Waals surface area (Å²) in [6.07, 6.45) is 0. The van der Waals surface area contributed by atoms with Crippen LogP contribution in [-0.2, 0) is 10.0 Å². The topological polar surface area (TPSA) is 66.5 Å². The predicted molar refractivity (Wildman–Crippen MR) is 70.4 cm³/mol. The molecule has 0 atom stereocenters. The number of ketones is 1. The van der Waals surface area contributed by atoms with E-state index in [0.717, 1.165) is 0 Å². The molecule has 1 heterocycles. The first-order valence-electron chi connectivity index (χ1n) is 5.83. The van der Waals surface area contributed by atoms with E-state index >= 15 is 0 Å². The minimum Gasteiger partial charge on any atom is -0.314 e. The first kappa shape index (κ1) is 13.0. The van der Waals surface area contributed by atoms with Gasteiger partial charge in [-0.2, -0.15) is 0 Å². The third-order valence-corrected chi connectivity index (χ3v) is 4.71. The Hall–Kier alpha value is -1.40. The smallest absolute Gasteiger partial charge is 0.236 e. The van der Waals surface area contributed by atoms with Gasteiger partial charge in [-0.3, -0.25) is 9.10 Å². The Labute approximate surface area is 107 Å². The number of nitrogens with one attached hydrogen (secondary N) is 1. The highest BCUT2D eigenvalue weighted by molar-refractivity contribution is 7.92. The maximum absolute atomic E-state index is 12.0. The van der Waals surface area contributed by atoms with Gasteiger partial charge < -0.3 is 5.32 Å². The monoisotopic (exact) mass is 268 g/mol. The van der Waals surface area contributed by atoms with E-state index in [2.05, 4.69) is 5.32 Å². The standard InChI is InChI=1S/C12H16N2O3S/c1-10(15)11-2-4-12(5-3-11)14-8-6-13-7-9-18(14,16)17/h2-5,13H,6-9H2,1H3. The van der Waals surface area contributed by atoms with Crippen LogP contribution in [-0.4, -0.2) is 39.6 Å². The van der Waals surface area contributed by atoms with Crippen molar-refractivity contribution in [2.75, 3.05) is 29.7 Å². The third-order valence-electron chi connectivity index (χ3n) is 2.93. The molecule has 0 amide bonds. The van der Waals surface area contributed by atoms with Crippen LogP contribution in [0.25, 0.3) is 0 Å². The molecule has 0 saturated carbocycles. The van der Waals surface area contributed by atoms with Gasteiger partial charge in [-0.1, -0.05) is 0 Å². The van der Waals surface area contributed by atoms with Gasteiger partial charge in [0, 0.05) is 25.2 Å². The van der Waals surface area contributed by atoms with Crippen LogP contribution in [0.3, 0.4) is 0 Å². The second-order valence-electron chi connectivity index (χ2n) is 4.24. The number of nitrogens with zero attached hydrogens (tertiary/aromatic N) is 1. The summed E-state index contributed by atoms with van der Waals surface area (Å²) in [7, 11) is -3.26. The number of carbonyl (C=O) groups excluding carboxylic acids is 1. The molecule has 0 aliphatic carbocycles. The molecule has 0 radical (unpaired) electrons. The average molecular weight is 268 g/mol. The van der Waals surface area contributed by atoms with Crippen LogP contribution in [0.2, 0.25) is 0 Å². The van der Waals surface area contributed by atoms with Gasteiger partial charge >= 0.3 is 0 Å². The van der Waals surface area contributed by atoms with Gasteiger partial charge in [0.15, 0.2) is 5.78 Å². The largest absolute Gasteiger partial charge is 0.314 e. The Balaban J connectivity index is 2.31. The van der Waals surface area contributed by atoms with Gasteiger partial charge in [0.1, 0.15) is 0 Å². The van der Waals surface area contributed by atoms with Crippen molar-refractivity contribution in [3.8, 4) is 0 Å². The molecular formula is C12H16N2O3S. The van der Waals surface area contributed by atoms with Crippen molar-refractivity contribution in [2.45, 2.75) is 6.92 Å². The quantitative estimate of drug-likeness (QED) is 0.799. The number of carbonyl (C=O) groups is 1. The molecule has 98 valence electrons. The molecule has 18 heavy (non-hydrogen) atoms. The molecule has 1 aromatic carbocycles. The summed E-state index contributed by atoms with van der Waals surface area (Å²) in [5.74, 6) is 0.0727. The lowest BCUT2D eigenvalue weighted by atomic mass is 10.1. The minimum absolute atomic E-state index is 0.0260. The molecule has 2 rings (SSSR count). The molecule has 1 aliphatic heterocycles. The third kappa shape index (κ3) is 2.70. The van der Waals surface area contributed by atoms with Gasteiger partial charge in [0.2, 0.25) is 10.0 Å². The summed E-state index contributed by atoms with van der Waals surface area (Å²) in [6.45, 7) is 3.02. The van der Waals surface area contributed by atoms with Crippen molar-refractivity contribution < 1.29 is 13.2 Å². The highest BCUT2D eigenvalue weighted by Gasteiger charge is 2.24. The molecule has 6 heteroatoms. The van der Waals surface area contributed by atoms with Crippen LogP contribution in [0.1, 0.15) is 17.3 Å². The molecule has 0 aromatic heterocycles. The average Bonchev–Trinajstić information content (AvgIpc) is 2.50. The first-order chi connectivity index (χ1) is 8.50. The summed E-state index contributed by atoms with van der Waals surface area (Å²) in [6, 6.07) is 6.68. The van der Waals surface area contributed by atoms with Gasteiger partial charge in [-0.15, -0.1) is 0 Å². The molecule has 0 spiro atoms. The van der Waals surface area contributed by atoms with Crippen LogP contribution in [0.5, 0.6) is 0 Å². The zero-order chi connectivity index (χ0) is 13.2. The highest BCUT2D eigenvalue weighted by atomic mass is 32.2. The Morgan fingerprint density at radius 3 is 2.50 bits per heavy atom. The Kier molecular flexibility index (Phi) is 3.68. The molecule has 0 unspecified atom stereocenters. The van der Waals surface area contributed by atoms with E-state index in [4.69, 9.17) is 0 Å². The molecule has 1 N–H and O–H groups in total. The van der Waals surface area contributed by atoms with E-state index < -0.39 is 10.0 Å². The molecule has 1 aliphatic rings. The van der Waals surface area contributed by atoms with Crippen molar-refractivity contribution in [1.82, 2.24) is 5.32 Å². The zero-order valence-electron chi connectivity index (χ0n) is 10.2. The van der Waals surface area contributed by atoms with Crippen LogP contribution in [0.15, 0.2) is 24.3 Å². The number of hydrogen-bond donors (Lipinski definition) is 1. The molecular weight excluding hydrogens is 252 g/mol. The van der Waals surface area contributed by atoms with Crippen molar-refractivity contribution in [3.63, 3.8) is 0 Å². The normalized spacial score (nSPS) is 19.3. The maximum Gasteiger partial charge on any atom is 0.236 e. The van der Waals surface area contributed by atoms with E-state index in [-0.39, 0.29) is 11.5 Å². The van der Waals surface area contributed by atoms with E-state index in [0.29, 0.717) is 30.9 Å². The van der Waals surface area contributed by atoms with Crippen molar-refractivity contribution in [1.29, 1.82) is 0 Å². The van der Waals surface area contributed by atoms with E-state index in [1.165, 1.54) is 11.2 Å². The minimum atomic E-state index is -3.26. The highest BCUT2D eigenvalue weighted by Crippen LogP contribution is 2.19. The summed E-state index contributed by atoms with van der Waals surface area (Å²) < 4.78 is 25.5. The molecule has 1 fully saturated rings. The number of rotatable bonds is 2. The van der Waals surface area contributed by atoms with Crippen LogP contribution in [0.4, 0.5) is 5.69 Å². The fourth-order valence-electron chi connectivity index (χ4n) is 1.91. The second kappa shape index (κ2) is 5.07. The van der Waals surface area contributed by atoms with Crippen LogP contribution < -0.4 is 9.62 Å². The van der Waals surface area contributed by atoms with Gasteiger partial charge in [-0.05, 0) is 31.2 Å². The van der Waals surface area contributed by atoms with Crippen molar-refractivity contribution >= 4 is 21.5 Å². The number of anilines is 1. The van der Waals surface area contributed by atoms with Crippen molar-refractivity contribution in [3.05, 3.63) is 29.8 Å². The van der Waals surface area contributed by atoms with E-state index in [1.54, 1.807) is 24.3 Å². The van der Waals surface area contributed by atoms with Gasteiger partial charge in [-0.25, -0.2) is 8.42 Å². The van der Waals surface area contributed by atoms with E-state index in [1.807, 2.05) is 0 Å². The summed E-state index contributed by atoms with van der Waals surface area (Å²) >= 11 is 0. The number of benzene rings is 1. The molecule has 0 bridgehead atoms. The van der Waals surface area contributed by atoms with Crippen LogP contribution >= 0.6 is 0 Å². The summed E-state index contributed by atoms with van der Waals surface area (Å²) in [5.41, 5.74) is 1.20. The predicted octanol–water partition coefficient (Wildman–Crippen LogP) is 0.629. The lowest BCUT2D eigenvalue weighted by Gasteiger charge is -2.21. The summed E-state index contributed by atoms with van der Waals surface area (Å²) in [4.78, 5) is 11.2. The fourth-order valence-corrected chi connectivity index (χ4v) is 3.34. The lowest BCUT2D eigenvalue weighted by molar-refractivity contribution is 0.101. The first-order valence-corrected chi connectivity index (χ1v) is 7.44. The second-order valence-corrected chi connectivity index (χ2v) is 6.25. The number of Topliss-reactive ketones (excluding diaryl/α,β-unsaturated/α-hetero) is 1. The molecule has 1 aromatic rings. The lowest BCUT2D eigenvalue weighted by Crippen LogP contribution is -2.33. The SMILES string of the molecule is CC(=O)c1ccc(N2CCNCCS2(=O)=O)cc1. The van der Waals surface area contributed by atoms with Gasteiger partial charge in [0.25, 0.3) is 0 Å². The van der Waals surface area contributed by atoms with E-state index in [9.17, 15) is 13.2 Å². The van der Waals surface area contributed by atoms with Gasteiger partial charge in [0.05, 0.1) is 11.4 Å². The maximum atomic E-state index is 12.0. The summed E-state index contributed by atoms with van der Waals surface area (Å²) in [5, 5.41) is 3.06. The van der Waals surface area contributed by atoms with Crippen LogP contribution in [0, 0.1) is 0 Å².